The summed E-state index contributed by atoms with van der Waals surface area (Å²) in [6.07, 6.45) is 4.44. The van der Waals surface area contributed by atoms with E-state index in [4.69, 9.17) is 4.42 Å². The summed E-state index contributed by atoms with van der Waals surface area (Å²) in [6, 6.07) is 4.74. The number of hydrogen-bond acceptors (Lipinski definition) is 3. The molecule has 3 nitrogen and oxygen atoms in total. The van der Waals surface area contributed by atoms with Gasteiger partial charge < -0.3 is 9.73 Å². The van der Waals surface area contributed by atoms with E-state index in [0.717, 1.165) is 43.3 Å². The molecule has 1 heterocycles. The van der Waals surface area contributed by atoms with Crippen LogP contribution in [0.3, 0.4) is 0 Å². The minimum absolute atomic E-state index is 0.717. The molecule has 0 radical (unpaired) electrons. The summed E-state index contributed by atoms with van der Waals surface area (Å²) in [5, 5.41) is 3.58. The van der Waals surface area contributed by atoms with Crippen molar-refractivity contribution in [2.75, 3.05) is 20.1 Å². The van der Waals surface area contributed by atoms with E-state index in [1.807, 2.05) is 6.07 Å². The number of nitrogens with one attached hydrogen (secondary N) is 1. The highest BCUT2D eigenvalue weighted by Gasteiger charge is 2.33. The van der Waals surface area contributed by atoms with Gasteiger partial charge in [0.25, 0.3) is 0 Å². The second kappa shape index (κ2) is 6.39. The van der Waals surface area contributed by atoms with Crippen molar-refractivity contribution in [2.24, 2.45) is 11.8 Å². The standard InChI is InChI=1S/C15H26N2O/c1-12(2)9-16-10-13-6-7-15(13)17(3)11-14-5-4-8-18-14/h4-5,8,12-13,15-16H,6-7,9-11H2,1-3H3. The molecule has 3 heteroatoms. The van der Waals surface area contributed by atoms with Crippen molar-refractivity contribution in [1.82, 2.24) is 10.2 Å². The van der Waals surface area contributed by atoms with Crippen molar-refractivity contribution >= 4 is 0 Å². The molecule has 0 aromatic carbocycles. The molecule has 2 unspecified atom stereocenters. The second-order valence-corrected chi connectivity index (χ2v) is 5.95. The van der Waals surface area contributed by atoms with Gasteiger partial charge in [-0.2, -0.15) is 0 Å². The van der Waals surface area contributed by atoms with Gasteiger partial charge in [0.05, 0.1) is 12.8 Å². The summed E-state index contributed by atoms with van der Waals surface area (Å²) in [4.78, 5) is 2.43. The van der Waals surface area contributed by atoms with Crippen LogP contribution in [-0.4, -0.2) is 31.1 Å². The van der Waals surface area contributed by atoms with Crippen LogP contribution < -0.4 is 5.32 Å². The zero-order chi connectivity index (χ0) is 13.0. The van der Waals surface area contributed by atoms with Gasteiger partial charge in [-0.05, 0) is 56.9 Å². The van der Waals surface area contributed by atoms with Crippen molar-refractivity contribution in [3.05, 3.63) is 24.2 Å². The van der Waals surface area contributed by atoms with Crippen LogP contribution in [0.4, 0.5) is 0 Å². The second-order valence-electron chi connectivity index (χ2n) is 5.95. The topological polar surface area (TPSA) is 28.4 Å². The third kappa shape index (κ3) is 3.59. The molecule has 1 aromatic heterocycles. The molecule has 0 aliphatic heterocycles. The Kier molecular flexibility index (Phi) is 4.84. The molecule has 1 aliphatic rings. The van der Waals surface area contributed by atoms with Crippen molar-refractivity contribution in [3.8, 4) is 0 Å². The largest absolute Gasteiger partial charge is 0.468 e. The number of hydrogen-bond donors (Lipinski definition) is 1. The predicted octanol–water partition coefficient (Wildman–Crippen LogP) is 2.74. The zero-order valence-electron chi connectivity index (χ0n) is 11.9. The minimum atomic E-state index is 0.717. The Morgan fingerprint density at radius 3 is 2.83 bits per heavy atom. The van der Waals surface area contributed by atoms with Crippen LogP contribution in [0, 0.1) is 11.8 Å². The van der Waals surface area contributed by atoms with Crippen molar-refractivity contribution in [1.29, 1.82) is 0 Å². The lowest BCUT2D eigenvalue weighted by atomic mass is 9.78. The fourth-order valence-electron chi connectivity index (χ4n) is 2.69. The first kappa shape index (κ1) is 13.6. The summed E-state index contributed by atoms with van der Waals surface area (Å²) in [7, 11) is 2.21. The van der Waals surface area contributed by atoms with Crippen LogP contribution in [-0.2, 0) is 6.54 Å². The molecule has 0 saturated heterocycles. The maximum atomic E-state index is 5.41. The third-order valence-corrected chi connectivity index (χ3v) is 3.89. The Morgan fingerprint density at radius 2 is 2.28 bits per heavy atom. The van der Waals surface area contributed by atoms with Crippen LogP contribution in [0.25, 0.3) is 0 Å². The fraction of sp³-hybridized carbons (Fsp3) is 0.733. The van der Waals surface area contributed by atoms with Gasteiger partial charge in [-0.1, -0.05) is 13.8 Å². The van der Waals surface area contributed by atoms with Gasteiger partial charge >= 0.3 is 0 Å². The summed E-state index contributed by atoms with van der Waals surface area (Å²) in [5.41, 5.74) is 0. The molecule has 2 atom stereocenters. The average Bonchev–Trinajstić information content (AvgIpc) is 2.74. The average molecular weight is 250 g/mol. The smallest absolute Gasteiger partial charge is 0.117 e. The van der Waals surface area contributed by atoms with E-state index in [1.54, 1.807) is 6.26 Å². The molecule has 1 aliphatic carbocycles. The van der Waals surface area contributed by atoms with E-state index in [2.05, 4.69) is 37.2 Å². The zero-order valence-corrected chi connectivity index (χ0v) is 11.9. The van der Waals surface area contributed by atoms with E-state index in [1.165, 1.54) is 12.8 Å². The lowest BCUT2D eigenvalue weighted by molar-refractivity contribution is 0.0724. The molecule has 102 valence electrons. The number of rotatable bonds is 7. The first-order valence-electron chi connectivity index (χ1n) is 7.10. The van der Waals surface area contributed by atoms with Crippen LogP contribution in [0.5, 0.6) is 0 Å². The van der Waals surface area contributed by atoms with E-state index >= 15 is 0 Å². The lowest BCUT2D eigenvalue weighted by Gasteiger charge is -2.42. The van der Waals surface area contributed by atoms with Gasteiger partial charge in [0.15, 0.2) is 0 Å². The molecule has 18 heavy (non-hydrogen) atoms. The molecule has 1 aromatic rings. The van der Waals surface area contributed by atoms with Gasteiger partial charge in [-0.15, -0.1) is 0 Å². The van der Waals surface area contributed by atoms with Gasteiger partial charge in [-0.25, -0.2) is 0 Å². The first-order chi connectivity index (χ1) is 8.66. The Hall–Kier alpha value is -0.800. The third-order valence-electron chi connectivity index (χ3n) is 3.89. The van der Waals surface area contributed by atoms with E-state index in [0.29, 0.717) is 0 Å². The Balaban J connectivity index is 1.72. The first-order valence-corrected chi connectivity index (χ1v) is 7.10. The summed E-state index contributed by atoms with van der Waals surface area (Å²) >= 11 is 0. The van der Waals surface area contributed by atoms with E-state index in [9.17, 15) is 0 Å². The van der Waals surface area contributed by atoms with Gasteiger partial charge in [0, 0.05) is 6.04 Å². The van der Waals surface area contributed by atoms with E-state index < -0.39 is 0 Å². The molecular formula is C15H26N2O. The molecule has 0 spiro atoms. The lowest BCUT2D eigenvalue weighted by Crippen LogP contribution is -2.48. The van der Waals surface area contributed by atoms with Crippen LogP contribution >= 0.6 is 0 Å². The molecule has 2 rings (SSSR count). The fourth-order valence-corrected chi connectivity index (χ4v) is 2.69. The molecule has 0 amide bonds. The van der Waals surface area contributed by atoms with Crippen molar-refractivity contribution < 1.29 is 4.42 Å². The van der Waals surface area contributed by atoms with Gasteiger partial charge in [-0.3, -0.25) is 4.90 Å². The number of furan rings is 1. The summed E-state index contributed by atoms with van der Waals surface area (Å²) < 4.78 is 5.41. The maximum Gasteiger partial charge on any atom is 0.117 e. The van der Waals surface area contributed by atoms with Crippen molar-refractivity contribution in [2.45, 2.75) is 39.3 Å². The molecule has 0 bridgehead atoms. The Morgan fingerprint density at radius 1 is 1.44 bits per heavy atom. The molecular weight excluding hydrogens is 224 g/mol. The van der Waals surface area contributed by atoms with Gasteiger partial charge in [0.2, 0.25) is 0 Å². The van der Waals surface area contributed by atoms with E-state index in [-0.39, 0.29) is 0 Å². The summed E-state index contributed by atoms with van der Waals surface area (Å²) in [5.74, 6) is 2.62. The van der Waals surface area contributed by atoms with Crippen LogP contribution in [0.1, 0.15) is 32.4 Å². The summed E-state index contributed by atoms with van der Waals surface area (Å²) in [6.45, 7) is 7.73. The Labute approximate surface area is 111 Å². The van der Waals surface area contributed by atoms with Crippen molar-refractivity contribution in [3.63, 3.8) is 0 Å². The molecule has 1 saturated carbocycles. The quantitative estimate of drug-likeness (QED) is 0.806. The van der Waals surface area contributed by atoms with Gasteiger partial charge in [0.1, 0.15) is 5.76 Å². The SMILES string of the molecule is CC(C)CNCC1CCC1N(C)Cc1ccco1. The normalized spacial score (nSPS) is 23.6. The molecule has 1 N–H and O–H groups in total. The van der Waals surface area contributed by atoms with Crippen LogP contribution in [0.15, 0.2) is 22.8 Å². The monoisotopic (exact) mass is 250 g/mol. The number of nitrogens with zero attached hydrogens (tertiary/aromatic N) is 1. The highest BCUT2D eigenvalue weighted by atomic mass is 16.3. The Bertz CT molecular complexity index is 334. The highest BCUT2D eigenvalue weighted by molar-refractivity contribution is 4.99. The van der Waals surface area contributed by atoms with Crippen LogP contribution in [0.2, 0.25) is 0 Å². The molecule has 1 fully saturated rings. The maximum absolute atomic E-state index is 5.41. The highest BCUT2D eigenvalue weighted by Crippen LogP contribution is 2.31. The minimum Gasteiger partial charge on any atom is -0.468 e. The predicted molar refractivity (Wildman–Crippen MR) is 74.4 cm³/mol.